The first-order valence-corrected chi connectivity index (χ1v) is 14.0. The second-order valence-corrected chi connectivity index (χ2v) is 11.2. The van der Waals surface area contributed by atoms with Crippen molar-refractivity contribution in [3.8, 4) is 11.8 Å². The molecule has 2 N–H and O–H groups in total. The highest BCUT2D eigenvalue weighted by molar-refractivity contribution is 5.70. The highest BCUT2D eigenvalue weighted by atomic mass is 19.1. The van der Waals surface area contributed by atoms with Crippen molar-refractivity contribution in [2.45, 2.75) is 45.8 Å². The molecule has 0 radical (unpaired) electrons. The Kier molecular flexibility index (Phi) is 9.98. The van der Waals surface area contributed by atoms with Crippen LogP contribution in [0.2, 0.25) is 0 Å². The van der Waals surface area contributed by atoms with Gasteiger partial charge < -0.3 is 29.7 Å². The van der Waals surface area contributed by atoms with E-state index >= 15 is 4.39 Å². The average Bonchev–Trinajstić information content (AvgIpc) is 2.96. The Balaban J connectivity index is 1.62. The van der Waals surface area contributed by atoms with Gasteiger partial charge in [0.15, 0.2) is 29.1 Å². The number of halogens is 2. The summed E-state index contributed by atoms with van der Waals surface area (Å²) in [6, 6.07) is 10.8. The molecule has 0 aliphatic carbocycles. The Morgan fingerprint density at radius 2 is 1.84 bits per heavy atom. The van der Waals surface area contributed by atoms with Gasteiger partial charge in [0.25, 0.3) is 0 Å². The van der Waals surface area contributed by atoms with Crippen LogP contribution in [0.15, 0.2) is 42.6 Å². The Labute approximate surface area is 250 Å². The number of nitriles is 1. The SMILES string of the molecule is COc1ccc([C@@H](Nc2nc(Nc3cnc(N4CCOCC4)c(F)c3)c(C#N)cc2F)[C@H](C)CC(=O)OC(C)(C)C)cc1. The predicted octanol–water partition coefficient (Wildman–Crippen LogP) is 5.74. The van der Waals surface area contributed by atoms with E-state index < -0.39 is 29.2 Å². The minimum Gasteiger partial charge on any atom is -0.497 e. The molecule has 1 aliphatic heterocycles. The third kappa shape index (κ3) is 8.29. The third-order valence-corrected chi connectivity index (χ3v) is 6.74. The lowest BCUT2D eigenvalue weighted by molar-refractivity contribution is -0.155. The van der Waals surface area contributed by atoms with Gasteiger partial charge in [-0.15, -0.1) is 0 Å². The van der Waals surface area contributed by atoms with Gasteiger partial charge in [-0.25, -0.2) is 18.7 Å². The van der Waals surface area contributed by atoms with Gasteiger partial charge in [-0.1, -0.05) is 19.1 Å². The number of morpholine rings is 1. The number of esters is 1. The summed E-state index contributed by atoms with van der Waals surface area (Å²) < 4.78 is 46.4. The average molecular weight is 595 g/mol. The van der Waals surface area contributed by atoms with E-state index in [1.54, 1.807) is 44.9 Å². The van der Waals surface area contributed by atoms with Crippen molar-refractivity contribution in [1.29, 1.82) is 5.26 Å². The lowest BCUT2D eigenvalue weighted by Crippen LogP contribution is -2.37. The molecule has 2 atom stereocenters. The predicted molar refractivity (Wildman–Crippen MR) is 158 cm³/mol. The molecule has 2 aromatic heterocycles. The number of nitrogens with zero attached hydrogens (tertiary/aromatic N) is 4. The Bertz CT molecular complexity index is 1470. The number of aromatic nitrogens is 2. The third-order valence-electron chi connectivity index (χ3n) is 6.74. The van der Waals surface area contributed by atoms with Crippen LogP contribution in [0.5, 0.6) is 5.75 Å². The van der Waals surface area contributed by atoms with E-state index in [4.69, 9.17) is 14.2 Å². The Hall–Kier alpha value is -4.50. The maximum atomic E-state index is 15.3. The zero-order chi connectivity index (χ0) is 31.1. The number of benzene rings is 1. The molecular weight excluding hydrogens is 558 g/mol. The van der Waals surface area contributed by atoms with Gasteiger partial charge in [0, 0.05) is 19.2 Å². The maximum absolute atomic E-state index is 15.3. The highest BCUT2D eigenvalue weighted by Crippen LogP contribution is 2.33. The minimum absolute atomic E-state index is 0.0139. The molecule has 1 aliphatic rings. The number of carbonyl (C=O) groups is 1. The molecule has 0 bridgehead atoms. The normalized spacial score (nSPS) is 14.8. The molecule has 0 spiro atoms. The second-order valence-electron chi connectivity index (χ2n) is 11.2. The quantitative estimate of drug-likeness (QED) is 0.281. The van der Waals surface area contributed by atoms with Crippen molar-refractivity contribution in [1.82, 2.24) is 9.97 Å². The molecule has 3 heterocycles. The molecule has 1 fully saturated rings. The summed E-state index contributed by atoms with van der Waals surface area (Å²) in [7, 11) is 1.55. The van der Waals surface area contributed by atoms with E-state index in [9.17, 15) is 14.4 Å². The number of hydrogen-bond acceptors (Lipinski definition) is 10. The van der Waals surface area contributed by atoms with Crippen LogP contribution in [0.3, 0.4) is 0 Å². The minimum atomic E-state index is -0.767. The maximum Gasteiger partial charge on any atom is 0.306 e. The molecule has 1 aromatic carbocycles. The lowest BCUT2D eigenvalue weighted by Gasteiger charge is -2.28. The van der Waals surface area contributed by atoms with E-state index in [0.717, 1.165) is 11.6 Å². The fraction of sp³-hybridized carbons (Fsp3) is 0.419. The van der Waals surface area contributed by atoms with Crippen LogP contribution in [0.25, 0.3) is 0 Å². The van der Waals surface area contributed by atoms with Gasteiger partial charge in [0.05, 0.1) is 50.2 Å². The number of pyridine rings is 2. The fourth-order valence-electron chi connectivity index (χ4n) is 4.69. The van der Waals surface area contributed by atoms with Gasteiger partial charge in [-0.2, -0.15) is 5.26 Å². The number of methoxy groups -OCH3 is 1. The van der Waals surface area contributed by atoms with Crippen LogP contribution < -0.4 is 20.3 Å². The fourth-order valence-corrected chi connectivity index (χ4v) is 4.69. The van der Waals surface area contributed by atoms with Crippen molar-refractivity contribution in [3.63, 3.8) is 0 Å². The number of anilines is 4. The number of hydrogen-bond donors (Lipinski definition) is 2. The number of carbonyl (C=O) groups excluding carboxylic acids is 1. The first kappa shape index (κ1) is 31.4. The molecule has 43 heavy (non-hydrogen) atoms. The molecule has 0 saturated carbocycles. The lowest BCUT2D eigenvalue weighted by atomic mass is 9.91. The largest absolute Gasteiger partial charge is 0.497 e. The summed E-state index contributed by atoms with van der Waals surface area (Å²) in [6.45, 7) is 9.21. The van der Waals surface area contributed by atoms with Gasteiger partial charge in [0.1, 0.15) is 17.4 Å². The summed E-state index contributed by atoms with van der Waals surface area (Å²) >= 11 is 0. The van der Waals surface area contributed by atoms with Crippen molar-refractivity contribution in [2.24, 2.45) is 5.92 Å². The van der Waals surface area contributed by atoms with E-state index in [2.05, 4.69) is 20.6 Å². The van der Waals surface area contributed by atoms with E-state index in [-0.39, 0.29) is 41.0 Å². The van der Waals surface area contributed by atoms with Gasteiger partial charge in [-0.3, -0.25) is 4.79 Å². The van der Waals surface area contributed by atoms with Crippen LogP contribution in [0, 0.1) is 28.9 Å². The van der Waals surface area contributed by atoms with Crippen LogP contribution in [-0.4, -0.2) is 55.0 Å². The summed E-state index contributed by atoms with van der Waals surface area (Å²) in [5.74, 6) is -1.38. The van der Waals surface area contributed by atoms with Crippen molar-refractivity contribution in [2.75, 3.05) is 48.9 Å². The van der Waals surface area contributed by atoms with Crippen LogP contribution in [-0.2, 0) is 14.3 Å². The standard InChI is InChI=1S/C31H36F2N6O4/c1-19(14-26(40)43-31(2,3)4)27(20-6-8-23(41-5)9-7-20)37-29-24(32)15-21(17-34)28(38-29)36-22-16-25(33)30(35-18-22)39-10-12-42-13-11-39/h6-9,15-16,18-19,27H,10-14H2,1-5H3,(H2,36,37,38)/t19-,27+/m1/s1. The van der Waals surface area contributed by atoms with Crippen LogP contribution in [0.4, 0.5) is 31.9 Å². The molecule has 3 aromatic rings. The summed E-state index contributed by atoms with van der Waals surface area (Å²) in [6.07, 6.45) is 1.47. The zero-order valence-electron chi connectivity index (χ0n) is 24.9. The highest BCUT2D eigenvalue weighted by Gasteiger charge is 2.27. The van der Waals surface area contributed by atoms with Crippen LogP contribution in [0.1, 0.15) is 51.3 Å². The van der Waals surface area contributed by atoms with E-state index in [0.29, 0.717) is 32.1 Å². The first-order chi connectivity index (χ1) is 20.5. The second kappa shape index (κ2) is 13.6. The van der Waals surface area contributed by atoms with Gasteiger partial charge in [0.2, 0.25) is 0 Å². The van der Waals surface area contributed by atoms with E-state index in [1.165, 1.54) is 12.3 Å². The monoisotopic (exact) mass is 594 g/mol. The van der Waals surface area contributed by atoms with E-state index in [1.807, 2.05) is 25.1 Å². The summed E-state index contributed by atoms with van der Waals surface area (Å²) in [5.41, 5.74) is 0.252. The topological polar surface area (TPSA) is 122 Å². The van der Waals surface area contributed by atoms with Gasteiger partial charge >= 0.3 is 5.97 Å². The zero-order valence-corrected chi connectivity index (χ0v) is 24.9. The molecule has 4 rings (SSSR count). The van der Waals surface area contributed by atoms with Gasteiger partial charge in [-0.05, 0) is 50.5 Å². The molecule has 0 amide bonds. The molecule has 228 valence electrons. The van der Waals surface area contributed by atoms with Crippen molar-refractivity contribution >= 4 is 29.1 Å². The molecule has 0 unspecified atom stereocenters. The first-order valence-electron chi connectivity index (χ1n) is 14.0. The Morgan fingerprint density at radius 1 is 1.14 bits per heavy atom. The molecular formula is C31H36F2N6O4. The Morgan fingerprint density at radius 3 is 2.44 bits per heavy atom. The number of ether oxygens (including phenoxy) is 3. The summed E-state index contributed by atoms with van der Waals surface area (Å²) in [4.78, 5) is 23.1. The van der Waals surface area contributed by atoms with Crippen LogP contribution >= 0.6 is 0 Å². The molecule has 12 heteroatoms. The molecule has 10 nitrogen and oxygen atoms in total. The van der Waals surface area contributed by atoms with Crippen molar-refractivity contribution < 1.29 is 27.8 Å². The number of nitrogens with one attached hydrogen (secondary N) is 2. The summed E-state index contributed by atoms with van der Waals surface area (Å²) in [5, 5.41) is 15.7. The molecule has 1 saturated heterocycles. The number of rotatable bonds is 10. The smallest absolute Gasteiger partial charge is 0.306 e. The van der Waals surface area contributed by atoms with Crippen molar-refractivity contribution in [3.05, 3.63) is 65.4 Å².